The summed E-state index contributed by atoms with van der Waals surface area (Å²) in [7, 11) is 0. The van der Waals surface area contributed by atoms with E-state index in [1.54, 1.807) is 26.0 Å². The van der Waals surface area contributed by atoms with Crippen LogP contribution in [-0.4, -0.2) is 50.7 Å². The number of rotatable bonds is 6. The van der Waals surface area contributed by atoms with Crippen molar-refractivity contribution in [1.82, 2.24) is 14.9 Å². The maximum Gasteiger partial charge on any atom is 0.422 e. The fraction of sp³-hybridized carbons (Fsp3) is 0.400. The molecule has 2 amide bonds. The van der Waals surface area contributed by atoms with Gasteiger partial charge in [0.05, 0.1) is 12.6 Å². The van der Waals surface area contributed by atoms with E-state index in [9.17, 15) is 27.9 Å². The third kappa shape index (κ3) is 4.93. The molecule has 0 spiro atoms. The molecule has 0 aliphatic carbocycles. The van der Waals surface area contributed by atoms with Gasteiger partial charge in [0.1, 0.15) is 11.9 Å². The Morgan fingerprint density at radius 3 is 2.68 bits per heavy atom. The molecule has 1 unspecified atom stereocenters. The second-order valence-electron chi connectivity index (χ2n) is 7.25. The van der Waals surface area contributed by atoms with Gasteiger partial charge in [-0.2, -0.15) is 13.2 Å². The summed E-state index contributed by atoms with van der Waals surface area (Å²) in [6.07, 6.45) is -2.95. The number of anilines is 1. The molecule has 0 saturated carbocycles. The highest BCUT2D eigenvalue weighted by atomic mass is 19.4. The molecule has 2 aromatic rings. The van der Waals surface area contributed by atoms with E-state index in [0.717, 1.165) is 0 Å². The molecule has 0 radical (unpaired) electrons. The molecular formula is C20H21F3N4O4. The van der Waals surface area contributed by atoms with E-state index >= 15 is 0 Å². The standard InChI is InChI=1S/C20H21F3N4O4/c1-10-6-13(7-25-18(10)31-9-20(21,22)23)11(2)27-8-15-14(19(27)30)4-5-24-16(15)26-17(29)12(3)28/h4-7,11-12,28H,8-9H2,1-3H3,(H,24,26,29)/t11?,12-/m0/s1. The topological polar surface area (TPSA) is 105 Å². The van der Waals surface area contributed by atoms with Gasteiger partial charge in [-0.05, 0) is 38.5 Å². The molecule has 0 fully saturated rings. The Morgan fingerprint density at radius 1 is 1.35 bits per heavy atom. The molecule has 3 rings (SSSR count). The number of carbonyl (C=O) groups excluding carboxylic acids is 2. The molecule has 1 aliphatic heterocycles. The summed E-state index contributed by atoms with van der Waals surface area (Å²) < 4.78 is 41.8. The van der Waals surface area contributed by atoms with Gasteiger partial charge in [-0.15, -0.1) is 0 Å². The number of carbonyl (C=O) groups is 2. The van der Waals surface area contributed by atoms with Gasteiger partial charge in [0.25, 0.3) is 11.8 Å². The molecule has 166 valence electrons. The van der Waals surface area contributed by atoms with Crippen molar-refractivity contribution in [2.24, 2.45) is 0 Å². The molecule has 31 heavy (non-hydrogen) atoms. The summed E-state index contributed by atoms with van der Waals surface area (Å²) in [5, 5.41) is 11.9. The minimum Gasteiger partial charge on any atom is -0.468 e. The van der Waals surface area contributed by atoms with Crippen molar-refractivity contribution < 1.29 is 32.6 Å². The van der Waals surface area contributed by atoms with Crippen LogP contribution in [0.4, 0.5) is 19.0 Å². The van der Waals surface area contributed by atoms with Crippen LogP contribution in [0.25, 0.3) is 0 Å². The molecule has 2 aromatic heterocycles. The van der Waals surface area contributed by atoms with Crippen LogP contribution < -0.4 is 10.1 Å². The molecule has 11 heteroatoms. The Bertz CT molecular complexity index is 1010. The maximum absolute atomic E-state index is 12.9. The van der Waals surface area contributed by atoms with E-state index in [1.807, 2.05) is 0 Å². The zero-order valence-electron chi connectivity index (χ0n) is 17.0. The molecule has 2 N–H and O–H groups in total. The van der Waals surface area contributed by atoms with Crippen LogP contribution in [0.15, 0.2) is 24.5 Å². The molecule has 0 bridgehead atoms. The lowest BCUT2D eigenvalue weighted by Crippen LogP contribution is -2.28. The van der Waals surface area contributed by atoms with Gasteiger partial charge in [-0.3, -0.25) is 9.59 Å². The average molecular weight is 438 g/mol. The molecule has 2 atom stereocenters. The second-order valence-corrected chi connectivity index (χ2v) is 7.25. The van der Waals surface area contributed by atoms with Gasteiger partial charge in [0.2, 0.25) is 5.88 Å². The average Bonchev–Trinajstić information content (AvgIpc) is 3.03. The van der Waals surface area contributed by atoms with Crippen molar-refractivity contribution in [2.45, 2.75) is 45.6 Å². The van der Waals surface area contributed by atoms with Gasteiger partial charge in [0.15, 0.2) is 6.61 Å². The monoisotopic (exact) mass is 438 g/mol. The van der Waals surface area contributed by atoms with Crippen LogP contribution in [-0.2, 0) is 11.3 Å². The van der Waals surface area contributed by atoms with Crippen LogP contribution in [0.5, 0.6) is 5.88 Å². The third-order valence-electron chi connectivity index (χ3n) is 4.87. The van der Waals surface area contributed by atoms with Crippen LogP contribution in [0.3, 0.4) is 0 Å². The number of pyridine rings is 2. The molecule has 1 aliphatic rings. The Kier molecular flexibility index (Phi) is 6.16. The van der Waals surface area contributed by atoms with E-state index < -0.39 is 30.8 Å². The fourth-order valence-electron chi connectivity index (χ4n) is 3.19. The predicted octanol–water partition coefficient (Wildman–Crippen LogP) is 2.76. The number of aliphatic hydroxyl groups is 1. The number of aryl methyl sites for hydroxylation is 1. The minimum absolute atomic E-state index is 0.128. The fourth-order valence-corrected chi connectivity index (χ4v) is 3.19. The Hall–Kier alpha value is -3.21. The van der Waals surface area contributed by atoms with Crippen molar-refractivity contribution in [2.75, 3.05) is 11.9 Å². The number of aromatic nitrogens is 2. The second kappa shape index (κ2) is 8.50. The van der Waals surface area contributed by atoms with Crippen molar-refractivity contribution in [3.63, 3.8) is 0 Å². The predicted molar refractivity (Wildman–Crippen MR) is 103 cm³/mol. The van der Waals surface area contributed by atoms with E-state index in [2.05, 4.69) is 15.3 Å². The van der Waals surface area contributed by atoms with Gasteiger partial charge in [0, 0.05) is 29.1 Å². The molecular weight excluding hydrogens is 417 g/mol. The van der Waals surface area contributed by atoms with E-state index in [4.69, 9.17) is 4.74 Å². The van der Waals surface area contributed by atoms with Crippen LogP contribution in [0, 0.1) is 6.92 Å². The number of hydrogen-bond donors (Lipinski definition) is 2. The smallest absolute Gasteiger partial charge is 0.422 e. The number of alkyl halides is 3. The number of hydrogen-bond acceptors (Lipinski definition) is 6. The number of nitrogens with zero attached hydrogens (tertiary/aromatic N) is 3. The van der Waals surface area contributed by atoms with Crippen LogP contribution in [0.1, 0.15) is 46.9 Å². The number of ether oxygens (including phenoxy) is 1. The summed E-state index contributed by atoms with van der Waals surface area (Å²) in [4.78, 5) is 34.3. The number of halogens is 3. The Morgan fingerprint density at radius 2 is 2.06 bits per heavy atom. The molecule has 0 saturated heterocycles. The number of aliphatic hydroxyl groups excluding tert-OH is 1. The zero-order valence-corrected chi connectivity index (χ0v) is 17.0. The van der Waals surface area contributed by atoms with Crippen molar-refractivity contribution in [3.8, 4) is 5.88 Å². The van der Waals surface area contributed by atoms with Crippen LogP contribution >= 0.6 is 0 Å². The first-order valence-corrected chi connectivity index (χ1v) is 9.42. The van der Waals surface area contributed by atoms with Crippen molar-refractivity contribution in [1.29, 1.82) is 0 Å². The molecule has 8 nitrogen and oxygen atoms in total. The van der Waals surface area contributed by atoms with Crippen molar-refractivity contribution >= 4 is 17.6 Å². The SMILES string of the molecule is Cc1cc(C(C)N2Cc3c(ccnc3NC(=O)[C@H](C)O)C2=O)cnc1OCC(F)(F)F. The highest BCUT2D eigenvalue weighted by Gasteiger charge is 2.34. The first kappa shape index (κ1) is 22.5. The Labute approximate surface area is 176 Å². The lowest BCUT2D eigenvalue weighted by Gasteiger charge is -2.25. The lowest BCUT2D eigenvalue weighted by atomic mass is 10.1. The first-order valence-electron chi connectivity index (χ1n) is 9.42. The molecule has 0 aromatic carbocycles. The summed E-state index contributed by atoms with van der Waals surface area (Å²) in [5.74, 6) is -0.866. The zero-order chi connectivity index (χ0) is 22.9. The summed E-state index contributed by atoms with van der Waals surface area (Å²) in [6.45, 7) is 3.37. The van der Waals surface area contributed by atoms with Crippen molar-refractivity contribution in [3.05, 3.63) is 46.8 Å². The first-order chi connectivity index (χ1) is 14.5. The Balaban J connectivity index is 1.80. The summed E-state index contributed by atoms with van der Waals surface area (Å²) >= 11 is 0. The van der Waals surface area contributed by atoms with Crippen LogP contribution in [0.2, 0.25) is 0 Å². The largest absolute Gasteiger partial charge is 0.468 e. The van der Waals surface area contributed by atoms with Gasteiger partial charge < -0.3 is 20.1 Å². The van der Waals surface area contributed by atoms with E-state index in [0.29, 0.717) is 22.3 Å². The van der Waals surface area contributed by atoms with Gasteiger partial charge in [-0.25, -0.2) is 9.97 Å². The van der Waals surface area contributed by atoms with Gasteiger partial charge >= 0.3 is 6.18 Å². The van der Waals surface area contributed by atoms with E-state index in [1.165, 1.54) is 24.2 Å². The van der Waals surface area contributed by atoms with Gasteiger partial charge in [-0.1, -0.05) is 0 Å². The summed E-state index contributed by atoms with van der Waals surface area (Å²) in [5.41, 5.74) is 1.91. The highest BCUT2D eigenvalue weighted by Crippen LogP contribution is 2.34. The number of nitrogens with one attached hydrogen (secondary N) is 1. The normalized spacial score (nSPS) is 15.5. The molecule has 3 heterocycles. The maximum atomic E-state index is 12.9. The number of fused-ring (bicyclic) bond motifs is 1. The highest BCUT2D eigenvalue weighted by molar-refractivity contribution is 6.02. The number of amides is 2. The lowest BCUT2D eigenvalue weighted by molar-refractivity contribution is -0.154. The minimum atomic E-state index is -4.47. The quantitative estimate of drug-likeness (QED) is 0.719. The third-order valence-corrected chi connectivity index (χ3v) is 4.87. The summed E-state index contributed by atoms with van der Waals surface area (Å²) in [6, 6.07) is 2.71. The van der Waals surface area contributed by atoms with E-state index in [-0.39, 0.29) is 24.1 Å².